The predicted octanol–water partition coefficient (Wildman–Crippen LogP) is -3.79. The van der Waals surface area contributed by atoms with Gasteiger partial charge >= 0.3 is 48.5 Å². The fourth-order valence-electron chi connectivity index (χ4n) is 0.940. The summed E-state index contributed by atoms with van der Waals surface area (Å²) in [5.74, 6) is -18.2. The second-order valence-corrected chi connectivity index (χ2v) is 11.0. The van der Waals surface area contributed by atoms with E-state index in [9.17, 15) is 32.6 Å². The number of phosphoric ester groups is 1. The van der Waals surface area contributed by atoms with E-state index >= 15 is 0 Å². The van der Waals surface area contributed by atoms with Gasteiger partial charge in [0.1, 0.15) is 0 Å². The summed E-state index contributed by atoms with van der Waals surface area (Å²) in [6.45, 7) is 0. The van der Waals surface area contributed by atoms with Gasteiger partial charge in [0.15, 0.2) is 0 Å². The van der Waals surface area contributed by atoms with Crippen molar-refractivity contribution in [3.63, 3.8) is 0 Å². The van der Waals surface area contributed by atoms with E-state index in [1.165, 1.54) is 0 Å². The number of hydrogen-bond donors (Lipinski definition) is 9. The van der Waals surface area contributed by atoms with Crippen LogP contribution in [0, 0.1) is 0 Å². The lowest BCUT2D eigenvalue weighted by Gasteiger charge is -2.20. The Balaban J connectivity index is 5.90. The first-order valence-electron chi connectivity index (χ1n) is 6.12. The van der Waals surface area contributed by atoms with Crippen molar-refractivity contribution in [2.24, 2.45) is 0 Å². The van der Waals surface area contributed by atoms with Crippen molar-refractivity contribution >= 4 is 48.5 Å². The summed E-state index contributed by atoms with van der Waals surface area (Å²) < 4.78 is 55.0. The summed E-state index contributed by atoms with van der Waals surface area (Å²) in [6.07, 6.45) is 0. The van der Waals surface area contributed by atoms with E-state index in [2.05, 4.69) is 13.6 Å². The zero-order valence-electron chi connectivity index (χ0n) is 13.1. The molecule has 0 bridgehead atoms. The Morgan fingerprint density at radius 3 is 0.828 bits per heavy atom. The molecule has 29 heavy (non-hydrogen) atoms. The maximum Gasteiger partial charge on any atom is 0.654 e. The van der Waals surface area contributed by atoms with Crippen LogP contribution in [0.1, 0.15) is 0 Å². The molecule has 0 spiro atoms. The molecule has 0 rings (SSSR count). The molecule has 0 aromatic rings. The average Bonchev–Trinajstić information content (AvgIpc) is 2.49. The summed E-state index contributed by atoms with van der Waals surface area (Å²) >= 11 is 0. The van der Waals surface area contributed by atoms with Crippen molar-refractivity contribution in [1.29, 1.82) is 0 Å². The maximum atomic E-state index is 12.1. The molecule has 0 saturated carbocycles. The van der Waals surface area contributed by atoms with Gasteiger partial charge in [-0.05, 0) is 0 Å². The zero-order valence-corrected chi connectivity index (χ0v) is 16.7. The molecule has 0 saturated heterocycles. The SMILES string of the molecule is O=C(OP(=O)(OC(=O)C(O)P(=O)(O)O)OC(=O)C(O)P(=O)(O)O)C(O)P(=O)(O)O. The lowest BCUT2D eigenvalue weighted by molar-refractivity contribution is -0.151. The lowest BCUT2D eigenvalue weighted by Crippen LogP contribution is -2.29. The van der Waals surface area contributed by atoms with Gasteiger partial charge in [0.2, 0.25) is 0 Å². The van der Waals surface area contributed by atoms with Crippen LogP contribution in [0.3, 0.4) is 0 Å². The molecule has 3 unspecified atom stereocenters. The van der Waals surface area contributed by atoms with E-state index in [0.29, 0.717) is 0 Å². The third-order valence-corrected chi connectivity index (χ3v) is 5.95. The highest BCUT2D eigenvalue weighted by molar-refractivity contribution is 7.55. The second kappa shape index (κ2) is 9.41. The minimum atomic E-state index is -6.32. The maximum absolute atomic E-state index is 12.1. The standard InChI is InChI=1S/C6H12O19P4/c7-1(4(10)26(13,14)15)23-29(22,24-2(8)5(11)27(16,17)18)25-3(9)6(12)28(19,20)21/h4-6,10-12H,(H2,13,14,15)(H2,16,17,18)(H2,19,20,21). The molecule has 3 atom stereocenters. The van der Waals surface area contributed by atoms with Gasteiger partial charge in [-0.1, -0.05) is 0 Å². The topological polar surface area (TPSA) is 329 Å². The van der Waals surface area contributed by atoms with Crippen molar-refractivity contribution < 1.29 is 90.9 Å². The van der Waals surface area contributed by atoms with Crippen LogP contribution in [0.2, 0.25) is 0 Å². The molecule has 0 aromatic carbocycles. The number of phosphoric acid groups is 1. The van der Waals surface area contributed by atoms with Crippen LogP contribution in [-0.4, -0.2) is 80.1 Å². The van der Waals surface area contributed by atoms with Gasteiger partial charge in [-0.2, -0.15) is 4.57 Å². The van der Waals surface area contributed by atoms with Crippen molar-refractivity contribution in [2.45, 2.75) is 17.5 Å². The van der Waals surface area contributed by atoms with Crippen molar-refractivity contribution in [2.75, 3.05) is 0 Å². The summed E-state index contributed by atoms with van der Waals surface area (Å²) in [5.41, 5.74) is 0. The van der Waals surface area contributed by atoms with Crippen LogP contribution in [0.5, 0.6) is 0 Å². The Kier molecular flexibility index (Phi) is 9.07. The second-order valence-electron chi connectivity index (χ2n) is 4.57. The molecular formula is C6H12O19P4. The van der Waals surface area contributed by atoms with Crippen LogP contribution in [-0.2, 0) is 46.2 Å². The lowest BCUT2D eigenvalue weighted by atomic mass is 10.7. The average molecular weight is 512 g/mol. The van der Waals surface area contributed by atoms with Gasteiger partial charge in [0.25, 0.3) is 17.5 Å². The first-order chi connectivity index (χ1) is 12.6. The van der Waals surface area contributed by atoms with Crippen LogP contribution < -0.4 is 0 Å². The van der Waals surface area contributed by atoms with Gasteiger partial charge in [-0.15, -0.1) is 0 Å². The fourth-order valence-corrected chi connectivity index (χ4v) is 3.24. The quantitative estimate of drug-likeness (QED) is 0.134. The number of aliphatic hydroxyl groups excluding tert-OH is 3. The Morgan fingerprint density at radius 1 is 0.517 bits per heavy atom. The molecular weight excluding hydrogens is 500 g/mol. The molecule has 19 nitrogen and oxygen atoms in total. The summed E-state index contributed by atoms with van der Waals surface area (Å²) in [5, 5.41) is 26.9. The fraction of sp³-hybridized carbons (Fsp3) is 0.500. The van der Waals surface area contributed by atoms with E-state index in [0.717, 1.165) is 0 Å². The molecule has 0 aliphatic carbocycles. The largest absolute Gasteiger partial charge is 0.654 e. The van der Waals surface area contributed by atoms with Gasteiger partial charge in [-0.3, -0.25) is 13.7 Å². The van der Waals surface area contributed by atoms with Crippen LogP contribution >= 0.6 is 30.6 Å². The van der Waals surface area contributed by atoms with Gasteiger partial charge in [0, 0.05) is 0 Å². The van der Waals surface area contributed by atoms with Gasteiger partial charge in [-0.25, -0.2) is 14.4 Å². The monoisotopic (exact) mass is 512 g/mol. The summed E-state index contributed by atoms with van der Waals surface area (Å²) in [6, 6.07) is 0. The van der Waals surface area contributed by atoms with E-state index < -0.39 is 66.1 Å². The summed E-state index contributed by atoms with van der Waals surface area (Å²) in [7, 11) is -23.5. The van der Waals surface area contributed by atoms with Crippen LogP contribution in [0.15, 0.2) is 0 Å². The Morgan fingerprint density at radius 2 is 0.690 bits per heavy atom. The smallest absolute Gasteiger partial charge is 0.371 e. The third-order valence-electron chi connectivity index (χ3n) is 2.19. The first-order valence-corrected chi connectivity index (χ1v) is 12.6. The molecule has 0 aliphatic heterocycles. The molecule has 0 aliphatic rings. The number of carbonyl (C=O) groups is 3. The molecule has 0 aromatic heterocycles. The van der Waals surface area contributed by atoms with Gasteiger partial charge < -0.3 is 58.3 Å². The van der Waals surface area contributed by atoms with Crippen LogP contribution in [0.25, 0.3) is 0 Å². The van der Waals surface area contributed by atoms with Crippen LogP contribution in [0.4, 0.5) is 0 Å². The minimum Gasteiger partial charge on any atom is -0.371 e. The Bertz CT molecular complexity index is 731. The van der Waals surface area contributed by atoms with E-state index in [4.69, 9.17) is 44.7 Å². The highest BCUT2D eigenvalue weighted by atomic mass is 31.2. The van der Waals surface area contributed by atoms with Crippen molar-refractivity contribution in [3.05, 3.63) is 0 Å². The Labute approximate surface area is 157 Å². The molecule has 170 valence electrons. The first kappa shape index (κ1) is 28.0. The normalized spacial score (nSPS) is 18.0. The van der Waals surface area contributed by atoms with E-state index in [1.54, 1.807) is 0 Å². The molecule has 23 heteroatoms. The van der Waals surface area contributed by atoms with E-state index in [-0.39, 0.29) is 0 Å². The number of carbonyl (C=O) groups excluding carboxylic acids is 3. The molecule has 0 fully saturated rings. The molecule has 0 amide bonds. The minimum absolute atomic E-state index is 2.63. The summed E-state index contributed by atoms with van der Waals surface area (Å²) in [4.78, 5) is 85.5. The van der Waals surface area contributed by atoms with Crippen molar-refractivity contribution in [1.82, 2.24) is 0 Å². The number of rotatable bonds is 9. The predicted molar refractivity (Wildman–Crippen MR) is 80.0 cm³/mol. The molecule has 0 radical (unpaired) electrons. The Hall–Kier alpha value is -1.03. The third kappa shape index (κ3) is 8.70. The van der Waals surface area contributed by atoms with E-state index in [1.807, 2.05) is 0 Å². The molecule has 0 heterocycles. The zero-order chi connectivity index (χ0) is 23.6. The highest BCUT2D eigenvalue weighted by Gasteiger charge is 2.50. The molecule has 9 N–H and O–H groups in total. The van der Waals surface area contributed by atoms with Gasteiger partial charge in [0.05, 0.1) is 0 Å². The number of aliphatic hydroxyl groups is 3. The highest BCUT2D eigenvalue weighted by Crippen LogP contribution is 2.55. The number of hydrogen-bond acceptors (Lipinski definition) is 13. The van der Waals surface area contributed by atoms with Crippen molar-refractivity contribution in [3.8, 4) is 0 Å².